The number of carbonyl (C=O) groups excluding carboxylic acids is 7. The van der Waals surface area contributed by atoms with Gasteiger partial charge in [0.25, 0.3) is 5.78 Å². The van der Waals surface area contributed by atoms with E-state index in [-0.39, 0.29) is 35.7 Å². The summed E-state index contributed by atoms with van der Waals surface area (Å²) in [5, 5.41) is 8.89. The van der Waals surface area contributed by atoms with E-state index in [1.165, 1.54) is 0 Å². The van der Waals surface area contributed by atoms with Gasteiger partial charge >= 0.3 is 0 Å². The summed E-state index contributed by atoms with van der Waals surface area (Å²) >= 11 is 0. The van der Waals surface area contributed by atoms with E-state index in [0.29, 0.717) is 0 Å². The molecular formula is C55H34O7. The molecule has 4 aliphatic rings. The largest absolute Gasteiger partial charge is 0.294 e. The predicted octanol–water partition coefficient (Wildman–Crippen LogP) is 11.2. The Labute approximate surface area is 355 Å². The molecule has 7 nitrogen and oxygen atoms in total. The van der Waals surface area contributed by atoms with Gasteiger partial charge in [-0.15, -0.1) is 0 Å². The van der Waals surface area contributed by atoms with Crippen LogP contribution in [-0.4, -0.2) is 41.5 Å². The van der Waals surface area contributed by atoms with Crippen LogP contribution in [0.1, 0.15) is 63.7 Å². The van der Waals surface area contributed by atoms with Crippen molar-refractivity contribution in [3.8, 4) is 0 Å². The summed E-state index contributed by atoms with van der Waals surface area (Å²) in [6.07, 6.45) is 14.0. The average molecular weight is 807 g/mol. The molecule has 0 saturated carbocycles. The Balaban J connectivity index is 0.000000109. The topological polar surface area (TPSA) is 119 Å². The van der Waals surface area contributed by atoms with Gasteiger partial charge in [-0.2, -0.15) is 0 Å². The number of hydrogen-bond acceptors (Lipinski definition) is 7. The number of benzene rings is 8. The predicted molar refractivity (Wildman–Crippen MR) is 246 cm³/mol. The van der Waals surface area contributed by atoms with Gasteiger partial charge in [-0.3, -0.25) is 33.6 Å². The molecule has 0 bridgehead atoms. The fourth-order valence-electron chi connectivity index (χ4n) is 7.91. The van der Waals surface area contributed by atoms with Crippen LogP contribution in [-0.2, 0) is 14.4 Å². The third-order valence-corrected chi connectivity index (χ3v) is 10.7. The molecule has 0 aromatic heterocycles. The van der Waals surface area contributed by atoms with Crippen LogP contribution in [0.5, 0.6) is 0 Å². The fourth-order valence-corrected chi connectivity index (χ4v) is 7.91. The van der Waals surface area contributed by atoms with Gasteiger partial charge in [-0.1, -0.05) is 170 Å². The van der Waals surface area contributed by atoms with Crippen LogP contribution in [0, 0.1) is 0 Å². The Hall–Kier alpha value is -8.55. The zero-order valence-corrected chi connectivity index (χ0v) is 33.0. The van der Waals surface area contributed by atoms with Crippen molar-refractivity contribution < 1.29 is 33.6 Å². The highest BCUT2D eigenvalue weighted by Gasteiger charge is 2.16. The summed E-state index contributed by atoms with van der Waals surface area (Å²) in [6, 6.07) is 47.8. The second-order valence-electron chi connectivity index (χ2n) is 14.4. The molecule has 8 aromatic rings. The minimum Gasteiger partial charge on any atom is -0.294 e. The summed E-state index contributed by atoms with van der Waals surface area (Å²) in [4.78, 5) is 74.1. The Morgan fingerprint density at radius 1 is 0.290 bits per heavy atom. The summed E-state index contributed by atoms with van der Waals surface area (Å²) in [6.45, 7) is 0. The summed E-state index contributed by atoms with van der Waals surface area (Å²) in [5.74, 6) is -0.595. The lowest BCUT2D eigenvalue weighted by molar-refractivity contribution is -0.135. The third kappa shape index (κ3) is 8.06. The maximum absolute atomic E-state index is 11.6. The van der Waals surface area contributed by atoms with Gasteiger partial charge < -0.3 is 0 Å². The van der Waals surface area contributed by atoms with Crippen molar-refractivity contribution >= 4 is 109 Å². The maximum Gasteiger partial charge on any atom is 0.257 e. The van der Waals surface area contributed by atoms with E-state index in [2.05, 4.69) is 0 Å². The van der Waals surface area contributed by atoms with E-state index in [0.717, 1.165) is 87.6 Å². The van der Waals surface area contributed by atoms with Crippen LogP contribution in [0.25, 0.3) is 67.4 Å². The maximum atomic E-state index is 11.6. The van der Waals surface area contributed by atoms with Crippen molar-refractivity contribution in [1.82, 2.24) is 0 Å². The first-order chi connectivity index (χ1) is 30.2. The molecule has 296 valence electrons. The van der Waals surface area contributed by atoms with Crippen LogP contribution < -0.4 is 0 Å². The lowest BCUT2D eigenvalue weighted by Gasteiger charge is -2.10. The Morgan fingerprint density at radius 2 is 0.500 bits per heavy atom. The summed E-state index contributed by atoms with van der Waals surface area (Å²) in [7, 11) is 0. The molecule has 0 unspecified atom stereocenters. The van der Waals surface area contributed by atoms with Crippen LogP contribution in [0.15, 0.2) is 170 Å². The zero-order chi connectivity index (χ0) is 43.2. The molecule has 0 atom stereocenters. The highest BCUT2D eigenvalue weighted by molar-refractivity contribution is 6.50. The SMILES string of the molecule is O=C1C=Cc2cccc3cccc1c23.O=C1C=Cc2cccc3cccc1c23.O=C1C=Cc2cccc3cccc1c23.O=C1C=Cc2cccc3cccc1c23.O=CC(=O)C=O. The molecule has 12 rings (SSSR count). The minimum atomic E-state index is -1.02. The molecule has 0 aliphatic heterocycles. The van der Waals surface area contributed by atoms with Gasteiger partial charge in [-0.05, 0) is 68.1 Å². The smallest absolute Gasteiger partial charge is 0.257 e. The van der Waals surface area contributed by atoms with E-state index < -0.39 is 5.78 Å². The molecule has 4 aliphatic carbocycles. The molecule has 0 spiro atoms. The first kappa shape index (κ1) is 40.2. The number of rotatable bonds is 2. The average Bonchev–Trinajstić information content (AvgIpc) is 3.32. The second-order valence-corrected chi connectivity index (χ2v) is 14.4. The molecule has 0 saturated heterocycles. The molecule has 0 heterocycles. The normalized spacial score (nSPS) is 12.9. The molecule has 8 aromatic carbocycles. The quantitative estimate of drug-likeness (QED) is 0.0969. The van der Waals surface area contributed by atoms with Gasteiger partial charge in [0.15, 0.2) is 35.7 Å². The molecule has 0 N–H and O–H groups in total. The monoisotopic (exact) mass is 806 g/mol. The number of ketones is 5. The highest BCUT2D eigenvalue weighted by Crippen LogP contribution is 2.31. The molecule has 0 fully saturated rings. The van der Waals surface area contributed by atoms with E-state index >= 15 is 0 Å². The fraction of sp³-hybridized carbons (Fsp3) is 0. The number of allylic oxidation sites excluding steroid dienone is 4. The van der Waals surface area contributed by atoms with E-state index in [1.807, 2.05) is 170 Å². The lowest BCUT2D eigenvalue weighted by Crippen LogP contribution is -2.00. The van der Waals surface area contributed by atoms with E-state index in [1.54, 1.807) is 24.3 Å². The Bertz CT molecular complexity index is 2870. The van der Waals surface area contributed by atoms with Crippen molar-refractivity contribution in [3.05, 3.63) is 214 Å². The van der Waals surface area contributed by atoms with Gasteiger partial charge in [0, 0.05) is 43.8 Å². The van der Waals surface area contributed by atoms with Crippen molar-refractivity contribution in [2.45, 2.75) is 0 Å². The first-order valence-electron chi connectivity index (χ1n) is 19.7. The van der Waals surface area contributed by atoms with Crippen LogP contribution in [0.4, 0.5) is 0 Å². The Morgan fingerprint density at radius 3 is 0.694 bits per heavy atom. The Kier molecular flexibility index (Phi) is 11.5. The molecule has 7 heteroatoms. The van der Waals surface area contributed by atoms with Crippen LogP contribution in [0.3, 0.4) is 0 Å². The van der Waals surface area contributed by atoms with Gasteiger partial charge in [0.1, 0.15) is 0 Å². The van der Waals surface area contributed by atoms with E-state index in [9.17, 15) is 24.0 Å². The lowest BCUT2D eigenvalue weighted by atomic mass is 9.92. The molecule has 0 amide bonds. The van der Waals surface area contributed by atoms with Crippen molar-refractivity contribution in [2.75, 3.05) is 0 Å². The zero-order valence-electron chi connectivity index (χ0n) is 33.0. The number of Topliss-reactive ketones (excluding diaryl/α,β-unsaturated/α-hetero) is 1. The number of hydrogen-bond donors (Lipinski definition) is 0. The second kappa shape index (κ2) is 17.7. The van der Waals surface area contributed by atoms with Crippen molar-refractivity contribution in [2.24, 2.45) is 0 Å². The number of carbonyl (C=O) groups is 7. The number of aldehydes is 2. The molecule has 62 heavy (non-hydrogen) atoms. The minimum absolute atomic E-state index is 0.0347. The standard InChI is InChI=1S/4C13H8O.C3H2O3/c4*14-12-8-7-10-4-1-3-9-5-2-6-11(12)13(9)10;4-1-3(6)2-5/h4*1-8H;1-2H. The van der Waals surface area contributed by atoms with Gasteiger partial charge in [0.05, 0.1) is 0 Å². The van der Waals surface area contributed by atoms with Gasteiger partial charge in [0.2, 0.25) is 0 Å². The van der Waals surface area contributed by atoms with Gasteiger partial charge in [-0.25, -0.2) is 0 Å². The van der Waals surface area contributed by atoms with Crippen LogP contribution >= 0.6 is 0 Å². The summed E-state index contributed by atoms with van der Waals surface area (Å²) < 4.78 is 0. The molecule has 0 radical (unpaired) electrons. The van der Waals surface area contributed by atoms with E-state index in [4.69, 9.17) is 9.59 Å². The van der Waals surface area contributed by atoms with Crippen molar-refractivity contribution in [3.63, 3.8) is 0 Å². The summed E-state index contributed by atoms with van der Waals surface area (Å²) in [5.41, 5.74) is 7.83. The molecular weight excluding hydrogens is 773 g/mol. The van der Waals surface area contributed by atoms with Crippen LogP contribution in [0.2, 0.25) is 0 Å². The van der Waals surface area contributed by atoms with Crippen molar-refractivity contribution in [1.29, 1.82) is 0 Å². The first-order valence-corrected chi connectivity index (χ1v) is 19.7. The highest BCUT2D eigenvalue weighted by atomic mass is 16.2. The third-order valence-electron chi connectivity index (χ3n) is 10.7.